The van der Waals surface area contributed by atoms with Gasteiger partial charge in [0.2, 0.25) is 0 Å². The molecule has 0 radical (unpaired) electrons. The quantitative estimate of drug-likeness (QED) is 0.599. The maximum Gasteiger partial charge on any atom is 0.446 e. The number of hydrogen-bond donors (Lipinski definition) is 0. The van der Waals surface area contributed by atoms with Crippen LogP contribution in [0.5, 0.6) is 5.75 Å². The van der Waals surface area contributed by atoms with Crippen LogP contribution in [-0.4, -0.2) is 12.6 Å². The van der Waals surface area contributed by atoms with E-state index < -0.39 is 27.8 Å². The average molecular weight is 355 g/mol. The van der Waals surface area contributed by atoms with Gasteiger partial charge in [-0.15, -0.1) is 0 Å². The molecule has 0 saturated carbocycles. The number of halogens is 4. The van der Waals surface area contributed by atoms with Crippen LogP contribution in [0.25, 0.3) is 11.0 Å². The summed E-state index contributed by atoms with van der Waals surface area (Å²) in [6.45, 7) is 0. The predicted octanol–water partition coefficient (Wildman–Crippen LogP) is 4.18. The van der Waals surface area contributed by atoms with Crippen molar-refractivity contribution in [1.29, 1.82) is 0 Å². The molecular weight excluding hydrogens is 349 g/mol. The SMILES string of the molecule is COc1cc(Br)cc2cc(SC(F)(F)F)c(=O)oc12. The summed E-state index contributed by atoms with van der Waals surface area (Å²) in [7, 11) is 1.37. The molecule has 0 fully saturated rings. The van der Waals surface area contributed by atoms with Crippen molar-refractivity contribution in [3.05, 3.63) is 33.1 Å². The molecule has 0 aliphatic rings. The summed E-state index contributed by atoms with van der Waals surface area (Å²) < 4.78 is 47.4. The minimum Gasteiger partial charge on any atom is -0.493 e. The van der Waals surface area contributed by atoms with E-state index in [4.69, 9.17) is 9.15 Å². The van der Waals surface area contributed by atoms with Gasteiger partial charge < -0.3 is 9.15 Å². The molecule has 0 spiro atoms. The van der Waals surface area contributed by atoms with E-state index in [0.717, 1.165) is 6.07 Å². The molecule has 3 nitrogen and oxygen atoms in total. The Balaban J connectivity index is 2.66. The lowest BCUT2D eigenvalue weighted by Crippen LogP contribution is -2.08. The average Bonchev–Trinajstić information content (AvgIpc) is 2.28. The van der Waals surface area contributed by atoms with Crippen LogP contribution in [0.15, 0.2) is 36.8 Å². The van der Waals surface area contributed by atoms with Crippen molar-refractivity contribution in [3.8, 4) is 5.75 Å². The Labute approximate surface area is 117 Å². The lowest BCUT2D eigenvalue weighted by molar-refractivity contribution is -0.0329. The fourth-order valence-corrected chi connectivity index (χ4v) is 2.51. The number of hydrogen-bond acceptors (Lipinski definition) is 4. The number of methoxy groups -OCH3 is 1. The number of thioether (sulfide) groups is 1. The van der Waals surface area contributed by atoms with Gasteiger partial charge in [-0.05, 0) is 30.0 Å². The summed E-state index contributed by atoms with van der Waals surface area (Å²) in [6.07, 6.45) is 0. The molecule has 102 valence electrons. The zero-order valence-electron chi connectivity index (χ0n) is 9.38. The fourth-order valence-electron chi connectivity index (χ4n) is 1.50. The monoisotopic (exact) mass is 354 g/mol. The predicted molar refractivity (Wildman–Crippen MR) is 68.6 cm³/mol. The van der Waals surface area contributed by atoms with Crippen LogP contribution in [-0.2, 0) is 0 Å². The second kappa shape index (κ2) is 5.09. The van der Waals surface area contributed by atoms with E-state index in [-0.39, 0.29) is 11.3 Å². The third kappa shape index (κ3) is 3.24. The van der Waals surface area contributed by atoms with Crippen molar-refractivity contribution in [2.75, 3.05) is 7.11 Å². The highest BCUT2D eigenvalue weighted by molar-refractivity contribution is 9.10. The van der Waals surface area contributed by atoms with E-state index in [2.05, 4.69) is 15.9 Å². The lowest BCUT2D eigenvalue weighted by Gasteiger charge is -2.08. The number of ether oxygens (including phenoxy) is 1. The number of benzene rings is 1. The van der Waals surface area contributed by atoms with Gasteiger partial charge in [0.1, 0.15) is 4.90 Å². The maximum absolute atomic E-state index is 12.3. The molecule has 1 heterocycles. The zero-order valence-corrected chi connectivity index (χ0v) is 11.8. The Morgan fingerprint density at radius 2 is 2.00 bits per heavy atom. The Hall–Kier alpha value is -1.15. The van der Waals surface area contributed by atoms with E-state index in [9.17, 15) is 18.0 Å². The topological polar surface area (TPSA) is 39.4 Å². The second-order valence-corrected chi connectivity index (χ2v) is 5.49. The van der Waals surface area contributed by atoms with E-state index in [0.29, 0.717) is 9.86 Å². The van der Waals surface area contributed by atoms with Gasteiger partial charge in [-0.25, -0.2) is 4.79 Å². The van der Waals surface area contributed by atoms with Crippen LogP contribution in [0.1, 0.15) is 0 Å². The van der Waals surface area contributed by atoms with Crippen molar-refractivity contribution in [2.45, 2.75) is 10.4 Å². The van der Waals surface area contributed by atoms with Crippen molar-refractivity contribution in [1.82, 2.24) is 0 Å². The third-order valence-corrected chi connectivity index (χ3v) is 3.37. The van der Waals surface area contributed by atoms with Crippen LogP contribution in [0, 0.1) is 0 Å². The number of fused-ring (bicyclic) bond motifs is 1. The first-order valence-electron chi connectivity index (χ1n) is 4.87. The first kappa shape index (κ1) is 14.3. The molecule has 0 bridgehead atoms. The van der Waals surface area contributed by atoms with Gasteiger partial charge in [-0.3, -0.25) is 0 Å². The standard InChI is InChI=1S/C11H6BrF3O3S/c1-17-7-4-6(12)2-5-3-8(19-11(13,14)15)10(16)18-9(5)7/h2-4H,1H3. The highest BCUT2D eigenvalue weighted by atomic mass is 79.9. The third-order valence-electron chi connectivity index (χ3n) is 2.18. The fraction of sp³-hybridized carbons (Fsp3) is 0.182. The van der Waals surface area contributed by atoms with Crippen molar-refractivity contribution in [2.24, 2.45) is 0 Å². The van der Waals surface area contributed by atoms with Crippen LogP contribution >= 0.6 is 27.7 Å². The maximum atomic E-state index is 12.3. The molecule has 1 aromatic carbocycles. The van der Waals surface area contributed by atoms with Gasteiger partial charge >= 0.3 is 11.1 Å². The first-order chi connectivity index (χ1) is 8.80. The Kier molecular flexibility index (Phi) is 3.82. The summed E-state index contributed by atoms with van der Waals surface area (Å²) in [5.41, 5.74) is -5.48. The summed E-state index contributed by atoms with van der Waals surface area (Å²) in [6, 6.07) is 4.23. The molecule has 0 saturated heterocycles. The summed E-state index contributed by atoms with van der Waals surface area (Å²) >= 11 is 2.70. The van der Waals surface area contributed by atoms with Crippen LogP contribution in [0.3, 0.4) is 0 Å². The minimum atomic E-state index is -4.54. The Bertz CT molecular complexity index is 681. The van der Waals surface area contributed by atoms with Crippen molar-refractivity contribution >= 4 is 38.7 Å². The minimum absolute atomic E-state index is 0.113. The molecule has 2 rings (SSSR count). The van der Waals surface area contributed by atoms with Gasteiger partial charge in [-0.1, -0.05) is 15.9 Å². The van der Waals surface area contributed by atoms with Gasteiger partial charge in [0.25, 0.3) is 0 Å². The van der Waals surface area contributed by atoms with Crippen LogP contribution in [0.4, 0.5) is 13.2 Å². The molecule has 0 unspecified atom stereocenters. The molecule has 0 aliphatic carbocycles. The van der Waals surface area contributed by atoms with E-state index >= 15 is 0 Å². The number of rotatable bonds is 2. The van der Waals surface area contributed by atoms with Crippen LogP contribution in [0.2, 0.25) is 0 Å². The number of alkyl halides is 3. The van der Waals surface area contributed by atoms with Gasteiger partial charge in [0.05, 0.1) is 7.11 Å². The molecule has 2 aromatic rings. The molecule has 0 aliphatic heterocycles. The summed E-state index contributed by atoms with van der Waals surface area (Å²) in [5.74, 6) is 0.269. The molecular formula is C11H6BrF3O3S. The molecule has 19 heavy (non-hydrogen) atoms. The van der Waals surface area contributed by atoms with Crippen molar-refractivity contribution < 1.29 is 22.3 Å². The summed E-state index contributed by atoms with van der Waals surface area (Å²) in [5, 5.41) is 0.345. The largest absolute Gasteiger partial charge is 0.493 e. The smallest absolute Gasteiger partial charge is 0.446 e. The van der Waals surface area contributed by atoms with Gasteiger partial charge in [0.15, 0.2) is 11.3 Å². The summed E-state index contributed by atoms with van der Waals surface area (Å²) in [4.78, 5) is 11.0. The van der Waals surface area contributed by atoms with Gasteiger partial charge in [-0.2, -0.15) is 13.2 Å². The lowest BCUT2D eigenvalue weighted by atomic mass is 10.2. The normalized spacial score (nSPS) is 11.8. The van der Waals surface area contributed by atoms with E-state index in [1.807, 2.05) is 0 Å². The molecule has 1 aromatic heterocycles. The van der Waals surface area contributed by atoms with Crippen molar-refractivity contribution in [3.63, 3.8) is 0 Å². The second-order valence-electron chi connectivity index (χ2n) is 3.47. The molecule has 0 amide bonds. The Morgan fingerprint density at radius 1 is 1.32 bits per heavy atom. The molecule has 8 heteroatoms. The first-order valence-corrected chi connectivity index (χ1v) is 6.48. The molecule has 0 N–H and O–H groups in total. The zero-order chi connectivity index (χ0) is 14.2. The van der Waals surface area contributed by atoms with E-state index in [1.54, 1.807) is 12.1 Å². The molecule has 0 atom stereocenters. The van der Waals surface area contributed by atoms with Gasteiger partial charge in [0, 0.05) is 9.86 Å². The van der Waals surface area contributed by atoms with Crippen LogP contribution < -0.4 is 10.4 Å². The highest BCUT2D eigenvalue weighted by Crippen LogP contribution is 2.37. The highest BCUT2D eigenvalue weighted by Gasteiger charge is 2.31. The van der Waals surface area contributed by atoms with E-state index in [1.165, 1.54) is 7.11 Å². The Morgan fingerprint density at radius 3 is 2.58 bits per heavy atom.